The minimum Gasteiger partial charge on any atom is -0.370 e. The molecule has 5 nitrogen and oxygen atoms in total. The number of fused-ring (bicyclic) bond motifs is 1. The van der Waals surface area contributed by atoms with Gasteiger partial charge in [-0.2, -0.15) is 0 Å². The summed E-state index contributed by atoms with van der Waals surface area (Å²) in [6.07, 6.45) is 8.26. The molecule has 2 N–H and O–H groups in total. The van der Waals surface area contributed by atoms with Crippen molar-refractivity contribution >= 4 is 16.7 Å². The Labute approximate surface area is 146 Å². The highest BCUT2D eigenvalue weighted by Crippen LogP contribution is 2.20. The van der Waals surface area contributed by atoms with Crippen molar-refractivity contribution in [1.82, 2.24) is 19.9 Å². The Kier molecular flexibility index (Phi) is 4.12. The van der Waals surface area contributed by atoms with E-state index in [4.69, 9.17) is 0 Å². The Morgan fingerprint density at radius 2 is 2.00 bits per heavy atom. The quantitative estimate of drug-likeness (QED) is 0.581. The van der Waals surface area contributed by atoms with Crippen molar-refractivity contribution in [2.24, 2.45) is 0 Å². The number of nitrogens with one attached hydrogen (secondary N) is 2. The van der Waals surface area contributed by atoms with Crippen LogP contribution in [0.3, 0.4) is 0 Å². The Morgan fingerprint density at radius 3 is 2.92 bits per heavy atom. The van der Waals surface area contributed by atoms with E-state index in [1.807, 2.05) is 31.5 Å². The van der Waals surface area contributed by atoms with Crippen LogP contribution in [0.2, 0.25) is 0 Å². The predicted octanol–water partition coefficient (Wildman–Crippen LogP) is 3.98. The largest absolute Gasteiger partial charge is 0.370 e. The van der Waals surface area contributed by atoms with Crippen LogP contribution in [-0.2, 0) is 6.42 Å². The summed E-state index contributed by atoms with van der Waals surface area (Å²) in [5.41, 5.74) is 5.47. The van der Waals surface area contributed by atoms with Gasteiger partial charge in [0.05, 0.1) is 5.69 Å². The maximum atomic E-state index is 4.35. The first-order valence-electron chi connectivity index (χ1n) is 8.32. The summed E-state index contributed by atoms with van der Waals surface area (Å²) in [5, 5.41) is 4.66. The summed E-state index contributed by atoms with van der Waals surface area (Å²) in [6, 6.07) is 12.4. The SMILES string of the molecule is Cc1cncc(-c2cc(NCCc3c[nH]c4ccccc34)ncn2)c1. The molecule has 5 heteroatoms. The van der Waals surface area contributed by atoms with Crippen LogP contribution in [0.1, 0.15) is 11.1 Å². The fourth-order valence-corrected chi connectivity index (χ4v) is 2.97. The number of aromatic amines is 1. The molecule has 0 unspecified atom stereocenters. The summed E-state index contributed by atoms with van der Waals surface area (Å²) in [7, 11) is 0. The molecule has 0 aliphatic rings. The number of para-hydroxylation sites is 1. The fourth-order valence-electron chi connectivity index (χ4n) is 2.97. The van der Waals surface area contributed by atoms with Gasteiger partial charge in [-0.25, -0.2) is 9.97 Å². The van der Waals surface area contributed by atoms with E-state index in [1.165, 1.54) is 16.5 Å². The number of hydrogen-bond donors (Lipinski definition) is 2. The summed E-state index contributed by atoms with van der Waals surface area (Å²) in [6.45, 7) is 2.84. The lowest BCUT2D eigenvalue weighted by Crippen LogP contribution is -2.06. The Morgan fingerprint density at radius 1 is 1.08 bits per heavy atom. The Bertz CT molecular complexity index is 1010. The van der Waals surface area contributed by atoms with Gasteiger partial charge in [0.15, 0.2) is 0 Å². The summed E-state index contributed by atoms with van der Waals surface area (Å²) >= 11 is 0. The predicted molar refractivity (Wildman–Crippen MR) is 100 cm³/mol. The molecule has 0 aliphatic heterocycles. The second-order valence-corrected chi connectivity index (χ2v) is 6.08. The minimum atomic E-state index is 0.810. The minimum absolute atomic E-state index is 0.810. The normalized spacial score (nSPS) is 10.9. The van der Waals surface area contributed by atoms with Crippen LogP contribution in [-0.4, -0.2) is 26.5 Å². The van der Waals surface area contributed by atoms with Crippen molar-refractivity contribution in [2.75, 3.05) is 11.9 Å². The van der Waals surface area contributed by atoms with Gasteiger partial charge >= 0.3 is 0 Å². The maximum absolute atomic E-state index is 4.35. The highest BCUT2D eigenvalue weighted by Gasteiger charge is 2.05. The maximum Gasteiger partial charge on any atom is 0.129 e. The Hall–Kier alpha value is -3.21. The van der Waals surface area contributed by atoms with Crippen LogP contribution in [0.4, 0.5) is 5.82 Å². The third-order valence-corrected chi connectivity index (χ3v) is 4.21. The van der Waals surface area contributed by atoms with Gasteiger partial charge in [-0.05, 0) is 36.6 Å². The molecule has 25 heavy (non-hydrogen) atoms. The highest BCUT2D eigenvalue weighted by atomic mass is 15.0. The summed E-state index contributed by atoms with van der Waals surface area (Å²) in [5.74, 6) is 0.825. The van der Waals surface area contributed by atoms with Crippen LogP contribution in [0.15, 0.2) is 61.3 Å². The lowest BCUT2D eigenvalue weighted by atomic mass is 10.1. The highest BCUT2D eigenvalue weighted by molar-refractivity contribution is 5.83. The van der Waals surface area contributed by atoms with Gasteiger partial charge in [0.2, 0.25) is 0 Å². The first kappa shape index (κ1) is 15.3. The molecule has 0 spiro atoms. The van der Waals surface area contributed by atoms with Gasteiger partial charge in [-0.1, -0.05) is 18.2 Å². The van der Waals surface area contributed by atoms with Gasteiger partial charge < -0.3 is 10.3 Å². The van der Waals surface area contributed by atoms with Gasteiger partial charge in [-0.3, -0.25) is 4.98 Å². The van der Waals surface area contributed by atoms with E-state index in [0.29, 0.717) is 0 Å². The number of rotatable bonds is 5. The van der Waals surface area contributed by atoms with Crippen LogP contribution < -0.4 is 5.32 Å². The van der Waals surface area contributed by atoms with Gasteiger partial charge in [0.25, 0.3) is 0 Å². The summed E-state index contributed by atoms with van der Waals surface area (Å²) < 4.78 is 0. The van der Waals surface area contributed by atoms with Crippen LogP contribution in [0.25, 0.3) is 22.2 Å². The van der Waals surface area contributed by atoms with Crippen molar-refractivity contribution in [3.05, 3.63) is 72.4 Å². The monoisotopic (exact) mass is 329 g/mol. The standard InChI is InChI=1S/C20H19N5/c1-14-8-16(11-21-10-14)19-9-20(25-13-24-19)22-7-6-15-12-23-18-5-3-2-4-17(15)18/h2-5,8-13,23H,6-7H2,1H3,(H,22,24,25). The molecule has 3 aromatic heterocycles. The zero-order valence-electron chi connectivity index (χ0n) is 14.0. The molecule has 0 atom stereocenters. The molecule has 0 saturated heterocycles. The molecule has 3 heterocycles. The van der Waals surface area contributed by atoms with Gasteiger partial charge in [-0.15, -0.1) is 0 Å². The lowest BCUT2D eigenvalue weighted by Gasteiger charge is -2.07. The van der Waals surface area contributed by atoms with Crippen molar-refractivity contribution < 1.29 is 0 Å². The lowest BCUT2D eigenvalue weighted by molar-refractivity contribution is 1.01. The van der Waals surface area contributed by atoms with Crippen molar-refractivity contribution in [1.29, 1.82) is 0 Å². The zero-order valence-corrected chi connectivity index (χ0v) is 14.0. The van der Waals surface area contributed by atoms with E-state index < -0.39 is 0 Å². The van der Waals surface area contributed by atoms with Crippen molar-refractivity contribution in [3.63, 3.8) is 0 Å². The van der Waals surface area contributed by atoms with E-state index in [1.54, 1.807) is 6.33 Å². The average molecular weight is 329 g/mol. The molecular formula is C20H19N5. The third kappa shape index (κ3) is 3.35. The number of nitrogens with zero attached hydrogens (tertiary/aromatic N) is 3. The fraction of sp³-hybridized carbons (Fsp3) is 0.150. The number of H-pyrrole nitrogens is 1. The molecular weight excluding hydrogens is 310 g/mol. The molecule has 0 saturated carbocycles. The molecule has 0 amide bonds. The Balaban J connectivity index is 1.46. The molecule has 0 aliphatic carbocycles. The van der Waals surface area contributed by atoms with Gasteiger partial charge in [0.1, 0.15) is 12.1 Å². The third-order valence-electron chi connectivity index (χ3n) is 4.21. The van der Waals surface area contributed by atoms with E-state index in [9.17, 15) is 0 Å². The van der Waals surface area contributed by atoms with Crippen LogP contribution in [0.5, 0.6) is 0 Å². The topological polar surface area (TPSA) is 66.5 Å². The second kappa shape index (κ2) is 6.73. The number of aromatic nitrogens is 4. The molecule has 1 aromatic carbocycles. The molecule has 4 aromatic rings. The zero-order chi connectivity index (χ0) is 17.1. The number of pyridine rings is 1. The van der Waals surface area contributed by atoms with Crippen LogP contribution >= 0.6 is 0 Å². The molecule has 4 rings (SSSR count). The van der Waals surface area contributed by atoms with E-state index >= 15 is 0 Å². The molecule has 0 radical (unpaired) electrons. The number of anilines is 1. The van der Waals surface area contributed by atoms with Crippen molar-refractivity contribution in [2.45, 2.75) is 13.3 Å². The number of aryl methyl sites for hydroxylation is 1. The number of benzene rings is 1. The van der Waals surface area contributed by atoms with Gasteiger partial charge in [0, 0.05) is 47.7 Å². The smallest absolute Gasteiger partial charge is 0.129 e. The van der Waals surface area contributed by atoms with Crippen molar-refractivity contribution in [3.8, 4) is 11.3 Å². The van der Waals surface area contributed by atoms with E-state index in [0.717, 1.165) is 35.6 Å². The van der Waals surface area contributed by atoms with E-state index in [-0.39, 0.29) is 0 Å². The molecule has 0 fully saturated rings. The van der Waals surface area contributed by atoms with E-state index in [2.05, 4.69) is 55.7 Å². The molecule has 124 valence electrons. The van der Waals surface area contributed by atoms with Crippen LogP contribution in [0, 0.1) is 6.92 Å². The average Bonchev–Trinajstić information content (AvgIpc) is 3.05. The second-order valence-electron chi connectivity index (χ2n) is 6.08. The first-order valence-corrected chi connectivity index (χ1v) is 8.32. The number of hydrogen-bond acceptors (Lipinski definition) is 4. The molecule has 0 bridgehead atoms. The first-order chi connectivity index (χ1) is 12.3. The summed E-state index contributed by atoms with van der Waals surface area (Å²) in [4.78, 5) is 16.2.